The number of benzene rings is 2. The van der Waals surface area contributed by atoms with Gasteiger partial charge in [-0.25, -0.2) is 9.36 Å². The molecule has 0 saturated carbocycles. The van der Waals surface area contributed by atoms with Crippen LogP contribution in [0.15, 0.2) is 60.9 Å². The molecule has 0 N–H and O–H groups in total. The van der Waals surface area contributed by atoms with E-state index in [4.69, 9.17) is 14.2 Å². The molecule has 0 bridgehead atoms. The number of unbranched alkanes of at least 4 members (excludes halogenated alkanes) is 2. The lowest BCUT2D eigenvalue weighted by molar-refractivity contribution is 0.0110. The second kappa shape index (κ2) is 22.9. The van der Waals surface area contributed by atoms with E-state index >= 15 is 0 Å². The van der Waals surface area contributed by atoms with E-state index in [1.807, 2.05) is 9.36 Å². The van der Waals surface area contributed by atoms with Crippen LogP contribution in [0, 0.1) is 0 Å². The van der Waals surface area contributed by atoms with Crippen LogP contribution >= 0.6 is 0 Å². The lowest BCUT2D eigenvalue weighted by atomic mass is 10.1. The summed E-state index contributed by atoms with van der Waals surface area (Å²) in [7, 11) is 0. The molecule has 11 nitrogen and oxygen atoms in total. The number of nitrogens with zero attached hydrogens (tertiary/aromatic N) is 8. The van der Waals surface area contributed by atoms with E-state index in [-0.39, 0.29) is 0 Å². The Balaban J connectivity index is 0.727. The van der Waals surface area contributed by atoms with Crippen molar-refractivity contribution in [2.24, 2.45) is 0 Å². The molecule has 6 rings (SSSR count). The summed E-state index contributed by atoms with van der Waals surface area (Å²) in [5, 5.41) is 17.4. The summed E-state index contributed by atoms with van der Waals surface area (Å²) in [6.45, 7) is 14.0. The van der Waals surface area contributed by atoms with Gasteiger partial charge in [0.1, 0.15) is 0 Å². The van der Waals surface area contributed by atoms with Crippen LogP contribution in [0.25, 0.3) is 0 Å². The molecule has 0 atom stereocenters. The minimum absolute atomic E-state index is 0.547. The first-order chi connectivity index (χ1) is 27.2. The molecule has 0 spiro atoms. The van der Waals surface area contributed by atoms with E-state index in [0.717, 1.165) is 50.2 Å². The van der Waals surface area contributed by atoms with Gasteiger partial charge in [0.05, 0.1) is 64.1 Å². The number of hydrogen-bond acceptors (Lipinski definition) is 9. The highest BCUT2D eigenvalue weighted by molar-refractivity contribution is 5.34. The van der Waals surface area contributed by atoms with E-state index in [1.165, 1.54) is 86.7 Å². The molecule has 0 aliphatic heterocycles. The van der Waals surface area contributed by atoms with Gasteiger partial charge >= 0.3 is 0 Å². The van der Waals surface area contributed by atoms with E-state index in [1.54, 1.807) is 0 Å². The van der Waals surface area contributed by atoms with Crippen molar-refractivity contribution in [2.45, 2.75) is 116 Å². The number of fused-ring (bicyclic) bond motifs is 2. The van der Waals surface area contributed by atoms with Crippen LogP contribution in [-0.4, -0.2) is 118 Å². The molecule has 0 fully saturated rings. The van der Waals surface area contributed by atoms with Gasteiger partial charge in [0.2, 0.25) is 0 Å². The minimum atomic E-state index is 0.547. The van der Waals surface area contributed by atoms with Gasteiger partial charge in [-0.1, -0.05) is 72.8 Å². The van der Waals surface area contributed by atoms with Gasteiger partial charge in [-0.3, -0.25) is 9.80 Å². The third-order valence-corrected chi connectivity index (χ3v) is 11.2. The smallest absolute Gasteiger partial charge is 0.0827 e. The molecule has 55 heavy (non-hydrogen) atoms. The van der Waals surface area contributed by atoms with E-state index < -0.39 is 0 Å². The van der Waals surface area contributed by atoms with E-state index in [9.17, 15) is 0 Å². The number of aromatic nitrogens is 6. The van der Waals surface area contributed by atoms with Crippen molar-refractivity contribution < 1.29 is 14.2 Å². The quantitative estimate of drug-likeness (QED) is 0.0646. The number of ether oxygens (including phenoxy) is 3. The largest absolute Gasteiger partial charge is 0.377 e. The van der Waals surface area contributed by atoms with Crippen molar-refractivity contribution in [1.29, 1.82) is 0 Å². The Morgan fingerprint density at radius 1 is 0.527 bits per heavy atom. The average Bonchev–Trinajstić information content (AvgIpc) is 4.03. The molecule has 2 aliphatic rings. The topological polar surface area (TPSA) is 95.6 Å². The van der Waals surface area contributed by atoms with Gasteiger partial charge in [-0.15, -0.1) is 10.2 Å². The summed E-state index contributed by atoms with van der Waals surface area (Å²) >= 11 is 0. The maximum atomic E-state index is 5.77. The molecule has 300 valence electrons. The fourth-order valence-electron chi connectivity index (χ4n) is 8.34. The third-order valence-electron chi connectivity index (χ3n) is 11.2. The Hall–Kier alpha value is -3.48. The van der Waals surface area contributed by atoms with Gasteiger partial charge in [-0.2, -0.15) is 0 Å². The summed E-state index contributed by atoms with van der Waals surface area (Å²) in [5.41, 5.74) is 8.27. The maximum Gasteiger partial charge on any atom is 0.0827 e. The monoisotopic (exact) mass is 755 g/mol. The number of rotatable bonds is 28. The zero-order chi connectivity index (χ0) is 37.9. The van der Waals surface area contributed by atoms with Gasteiger partial charge < -0.3 is 14.2 Å². The summed E-state index contributed by atoms with van der Waals surface area (Å²) in [6, 6.07) is 19.2. The predicted octanol–water partition coefficient (Wildman–Crippen LogP) is 6.02. The van der Waals surface area contributed by atoms with Gasteiger partial charge in [-0.05, 0) is 125 Å². The van der Waals surface area contributed by atoms with Crippen LogP contribution in [0.1, 0.15) is 86.0 Å². The Morgan fingerprint density at radius 3 is 1.29 bits per heavy atom. The van der Waals surface area contributed by atoms with Crippen LogP contribution < -0.4 is 0 Å². The van der Waals surface area contributed by atoms with Crippen LogP contribution in [0.3, 0.4) is 0 Å². The summed E-state index contributed by atoms with van der Waals surface area (Å²) in [6.07, 6.45) is 17.9. The second-order valence-corrected chi connectivity index (χ2v) is 15.4. The number of hydrogen-bond donors (Lipinski definition) is 0. The Bertz CT molecular complexity index is 1490. The molecule has 2 aliphatic carbocycles. The zero-order valence-electron chi connectivity index (χ0n) is 33.7. The van der Waals surface area contributed by atoms with E-state index in [0.29, 0.717) is 64.8 Å². The molecule has 11 heteroatoms. The predicted molar refractivity (Wildman–Crippen MR) is 217 cm³/mol. The fourth-order valence-corrected chi connectivity index (χ4v) is 8.34. The van der Waals surface area contributed by atoms with Crippen molar-refractivity contribution in [2.75, 3.05) is 65.8 Å². The molecule has 2 aromatic heterocycles. The second-order valence-electron chi connectivity index (χ2n) is 15.4. The highest BCUT2D eigenvalue weighted by Gasteiger charge is 2.27. The molecular weight excluding hydrogens is 689 g/mol. The number of aryl methyl sites for hydroxylation is 2. The molecule has 0 amide bonds. The first-order valence-corrected chi connectivity index (χ1v) is 21.3. The van der Waals surface area contributed by atoms with Crippen molar-refractivity contribution >= 4 is 0 Å². The van der Waals surface area contributed by atoms with E-state index in [2.05, 4.69) is 105 Å². The lowest BCUT2D eigenvalue weighted by Crippen LogP contribution is -2.37. The third kappa shape index (κ3) is 13.3. The average molecular weight is 755 g/mol. The Morgan fingerprint density at radius 2 is 0.909 bits per heavy atom. The van der Waals surface area contributed by atoms with Crippen LogP contribution in [0.4, 0.5) is 0 Å². The van der Waals surface area contributed by atoms with Gasteiger partial charge in [0, 0.05) is 24.5 Å². The highest BCUT2D eigenvalue weighted by Crippen LogP contribution is 2.27. The van der Waals surface area contributed by atoms with Crippen molar-refractivity contribution in [3.63, 3.8) is 0 Å². The molecular formula is C44H66N8O3. The standard InChI is InChI=1S/C44H66N8O3/c1-3-19-49(43-31-37-13-5-6-14-38(37)32-43)21-11-9-17-41-35-51(47-45-41)23-25-53-27-29-55-30-28-54-26-24-52-36-42(46-48-52)18-10-12-22-50(20-4-2)44-33-39-15-7-8-16-40(39)34-44/h5-8,13-16,35-36,43-44H,3-4,9-12,17-34H2,1-2H3. The Labute approximate surface area is 329 Å². The van der Waals surface area contributed by atoms with Crippen molar-refractivity contribution in [3.8, 4) is 0 Å². The van der Waals surface area contributed by atoms with Gasteiger partial charge in [0.25, 0.3) is 0 Å². The van der Waals surface area contributed by atoms with Crippen molar-refractivity contribution in [1.82, 2.24) is 39.8 Å². The fraction of sp³-hybridized carbons (Fsp3) is 0.636. The molecule has 0 saturated heterocycles. The summed E-state index contributed by atoms with van der Waals surface area (Å²) in [4.78, 5) is 5.42. The highest BCUT2D eigenvalue weighted by atomic mass is 16.5. The first kappa shape index (κ1) is 41.2. The minimum Gasteiger partial charge on any atom is -0.377 e. The molecule has 0 radical (unpaired) electrons. The zero-order valence-corrected chi connectivity index (χ0v) is 33.7. The molecule has 4 aromatic rings. The van der Waals surface area contributed by atoms with Crippen molar-refractivity contribution in [3.05, 3.63) is 94.6 Å². The molecule has 0 unspecified atom stereocenters. The maximum absolute atomic E-state index is 5.77. The SMILES string of the molecule is CCCN(CCCCc1cn(CCOCCOCCOCCn2cc(CCCCN(CCC)C3Cc4ccccc4C3)nn2)nn1)C1Cc2ccccc2C1. The molecule has 2 heterocycles. The first-order valence-electron chi connectivity index (χ1n) is 21.3. The summed E-state index contributed by atoms with van der Waals surface area (Å²) in [5.74, 6) is 0. The lowest BCUT2D eigenvalue weighted by Gasteiger charge is -2.28. The van der Waals surface area contributed by atoms with Crippen LogP contribution in [-0.2, 0) is 65.8 Å². The van der Waals surface area contributed by atoms with Crippen LogP contribution in [0.2, 0.25) is 0 Å². The normalized spacial score (nSPS) is 14.5. The van der Waals surface area contributed by atoms with Gasteiger partial charge in [0.15, 0.2) is 0 Å². The molecule has 2 aromatic carbocycles. The summed E-state index contributed by atoms with van der Waals surface area (Å²) < 4.78 is 21.0. The van der Waals surface area contributed by atoms with Crippen LogP contribution in [0.5, 0.6) is 0 Å². The Kier molecular flexibility index (Phi) is 17.2.